The molecule has 1 atom stereocenters. The predicted octanol–water partition coefficient (Wildman–Crippen LogP) is 2.06. The molecule has 2 N–H and O–H groups in total. The molecule has 0 aliphatic heterocycles. The summed E-state index contributed by atoms with van der Waals surface area (Å²) in [6.07, 6.45) is 2.10. The number of hydrogen-bond donors (Lipinski definition) is 2. The van der Waals surface area contributed by atoms with Crippen LogP contribution < -0.4 is 10.6 Å². The zero-order valence-electron chi connectivity index (χ0n) is 10.4. The van der Waals surface area contributed by atoms with E-state index in [1.807, 2.05) is 13.8 Å². The Bertz CT molecular complexity index is 481. The van der Waals surface area contributed by atoms with Crippen molar-refractivity contribution >= 4 is 23.5 Å². The molecule has 0 aromatic carbocycles. The summed E-state index contributed by atoms with van der Waals surface area (Å²) in [6.45, 7) is 4.49. The van der Waals surface area contributed by atoms with Crippen molar-refractivity contribution < 1.29 is 0 Å². The van der Waals surface area contributed by atoms with Crippen molar-refractivity contribution in [3.05, 3.63) is 5.28 Å². The Kier molecular flexibility index (Phi) is 3.53. The van der Waals surface area contributed by atoms with Crippen molar-refractivity contribution in [2.75, 3.05) is 17.2 Å². The minimum atomic E-state index is -0.645. The third-order valence-electron chi connectivity index (χ3n) is 2.94. The van der Waals surface area contributed by atoms with Gasteiger partial charge in [-0.3, -0.25) is 0 Å². The van der Waals surface area contributed by atoms with Gasteiger partial charge in [-0.25, -0.2) is 0 Å². The first-order chi connectivity index (χ1) is 8.57. The molecule has 96 valence electrons. The Morgan fingerprint density at radius 1 is 1.39 bits per heavy atom. The Hall–Kier alpha value is -1.61. The summed E-state index contributed by atoms with van der Waals surface area (Å²) >= 11 is 5.83. The maximum absolute atomic E-state index is 9.27. The molecule has 2 rings (SSSR count). The molecule has 1 fully saturated rings. The van der Waals surface area contributed by atoms with Gasteiger partial charge in [0.25, 0.3) is 0 Å². The molecule has 0 amide bonds. The Morgan fingerprint density at radius 2 is 2.06 bits per heavy atom. The highest BCUT2D eigenvalue weighted by Gasteiger charge is 2.42. The molecule has 0 saturated heterocycles. The third-order valence-corrected chi connectivity index (χ3v) is 3.11. The van der Waals surface area contributed by atoms with Crippen LogP contribution in [0.25, 0.3) is 0 Å². The Morgan fingerprint density at radius 3 is 2.61 bits per heavy atom. The second-order valence-corrected chi connectivity index (χ2v) is 4.83. The van der Waals surface area contributed by atoms with Crippen LogP contribution in [0.3, 0.4) is 0 Å². The van der Waals surface area contributed by atoms with E-state index in [2.05, 4.69) is 31.7 Å². The fourth-order valence-corrected chi connectivity index (χ4v) is 1.92. The van der Waals surface area contributed by atoms with Crippen molar-refractivity contribution in [3.63, 3.8) is 0 Å². The van der Waals surface area contributed by atoms with Gasteiger partial charge >= 0.3 is 0 Å². The lowest BCUT2D eigenvalue weighted by atomic mass is 9.98. The van der Waals surface area contributed by atoms with Crippen LogP contribution in [0, 0.1) is 17.2 Å². The van der Waals surface area contributed by atoms with E-state index in [-0.39, 0.29) is 5.28 Å². The third kappa shape index (κ3) is 2.79. The minimum Gasteiger partial charge on any atom is -0.354 e. The summed E-state index contributed by atoms with van der Waals surface area (Å²) in [5, 5.41) is 15.4. The summed E-state index contributed by atoms with van der Waals surface area (Å²) < 4.78 is 0. The number of aromatic nitrogens is 3. The van der Waals surface area contributed by atoms with E-state index in [9.17, 15) is 5.26 Å². The number of anilines is 2. The maximum Gasteiger partial charge on any atom is 0.230 e. The molecule has 1 heterocycles. The zero-order valence-corrected chi connectivity index (χ0v) is 11.1. The van der Waals surface area contributed by atoms with E-state index < -0.39 is 5.54 Å². The standard InChI is InChI=1S/C11H15ClN6/c1-3-14-9-15-8(12)16-10(17-9)18-11(2,6-13)7-4-5-7/h7H,3-5H2,1-2H3,(H2,14,15,16,17,18). The van der Waals surface area contributed by atoms with Crippen LogP contribution >= 0.6 is 11.6 Å². The van der Waals surface area contributed by atoms with E-state index in [1.165, 1.54) is 0 Å². The molecule has 1 aromatic heterocycles. The van der Waals surface area contributed by atoms with Gasteiger partial charge in [0.15, 0.2) is 0 Å². The van der Waals surface area contributed by atoms with Crippen molar-refractivity contribution in [2.24, 2.45) is 5.92 Å². The van der Waals surface area contributed by atoms with Gasteiger partial charge in [-0.1, -0.05) is 0 Å². The van der Waals surface area contributed by atoms with E-state index in [0.717, 1.165) is 12.8 Å². The topological polar surface area (TPSA) is 86.5 Å². The van der Waals surface area contributed by atoms with E-state index in [4.69, 9.17) is 11.6 Å². The van der Waals surface area contributed by atoms with Gasteiger partial charge in [-0.15, -0.1) is 0 Å². The largest absolute Gasteiger partial charge is 0.354 e. The van der Waals surface area contributed by atoms with Crippen molar-refractivity contribution in [1.82, 2.24) is 15.0 Å². The summed E-state index contributed by atoms with van der Waals surface area (Å²) in [6, 6.07) is 2.28. The van der Waals surface area contributed by atoms with Gasteiger partial charge < -0.3 is 10.6 Å². The molecule has 1 saturated carbocycles. The molecule has 6 nitrogen and oxygen atoms in total. The first-order valence-electron chi connectivity index (χ1n) is 5.92. The van der Waals surface area contributed by atoms with E-state index in [1.54, 1.807) is 0 Å². The van der Waals surface area contributed by atoms with Crippen molar-refractivity contribution in [3.8, 4) is 6.07 Å². The molecular weight excluding hydrogens is 252 g/mol. The van der Waals surface area contributed by atoms with Crippen LogP contribution in [0.2, 0.25) is 5.28 Å². The average molecular weight is 267 g/mol. The van der Waals surface area contributed by atoms with Crippen molar-refractivity contribution in [1.29, 1.82) is 5.26 Å². The second-order valence-electron chi connectivity index (χ2n) is 4.50. The van der Waals surface area contributed by atoms with Crippen molar-refractivity contribution in [2.45, 2.75) is 32.2 Å². The highest BCUT2D eigenvalue weighted by atomic mass is 35.5. The number of nitriles is 1. The lowest BCUT2D eigenvalue weighted by Crippen LogP contribution is -2.36. The Labute approximate surface area is 111 Å². The van der Waals surface area contributed by atoms with Crippen LogP contribution in [-0.4, -0.2) is 27.0 Å². The summed E-state index contributed by atoms with van der Waals surface area (Å²) in [7, 11) is 0. The minimum absolute atomic E-state index is 0.111. The van der Waals surface area contributed by atoms with Crippen LogP contribution in [0.1, 0.15) is 26.7 Å². The molecule has 1 aliphatic rings. The number of nitrogens with one attached hydrogen (secondary N) is 2. The summed E-state index contributed by atoms with van der Waals surface area (Å²) in [5.41, 5.74) is -0.645. The Balaban J connectivity index is 2.20. The monoisotopic (exact) mass is 266 g/mol. The SMILES string of the molecule is CCNc1nc(Cl)nc(NC(C)(C#N)C2CC2)n1. The first kappa shape index (κ1) is 12.8. The highest BCUT2D eigenvalue weighted by Crippen LogP contribution is 2.40. The molecule has 7 heteroatoms. The zero-order chi connectivity index (χ0) is 13.2. The fourth-order valence-electron chi connectivity index (χ4n) is 1.76. The molecule has 18 heavy (non-hydrogen) atoms. The van der Waals surface area contributed by atoms with E-state index >= 15 is 0 Å². The lowest BCUT2D eigenvalue weighted by molar-refractivity contribution is 0.561. The predicted molar refractivity (Wildman–Crippen MR) is 69.4 cm³/mol. The molecule has 0 radical (unpaired) electrons. The van der Waals surface area contributed by atoms with Gasteiger partial charge in [-0.2, -0.15) is 20.2 Å². The molecule has 0 spiro atoms. The lowest BCUT2D eigenvalue weighted by Gasteiger charge is -2.22. The quantitative estimate of drug-likeness (QED) is 0.848. The van der Waals surface area contributed by atoms with Gasteiger partial charge in [0.2, 0.25) is 17.2 Å². The molecule has 1 unspecified atom stereocenters. The maximum atomic E-state index is 9.27. The highest BCUT2D eigenvalue weighted by molar-refractivity contribution is 6.28. The number of hydrogen-bond acceptors (Lipinski definition) is 6. The number of nitrogens with zero attached hydrogens (tertiary/aromatic N) is 4. The molecule has 1 aliphatic carbocycles. The molecule has 0 bridgehead atoms. The number of rotatable bonds is 5. The fraction of sp³-hybridized carbons (Fsp3) is 0.636. The average Bonchev–Trinajstić information content (AvgIpc) is 3.12. The molecule has 1 aromatic rings. The second kappa shape index (κ2) is 4.94. The summed E-state index contributed by atoms with van der Waals surface area (Å²) in [4.78, 5) is 12.1. The smallest absolute Gasteiger partial charge is 0.230 e. The van der Waals surface area contributed by atoms with Gasteiger partial charge in [0, 0.05) is 6.54 Å². The van der Waals surface area contributed by atoms with Gasteiger partial charge in [-0.05, 0) is 44.2 Å². The van der Waals surface area contributed by atoms with Gasteiger partial charge in [0.1, 0.15) is 5.54 Å². The first-order valence-corrected chi connectivity index (χ1v) is 6.30. The van der Waals surface area contributed by atoms with Crippen LogP contribution in [-0.2, 0) is 0 Å². The van der Waals surface area contributed by atoms with E-state index in [0.29, 0.717) is 24.4 Å². The number of halogens is 1. The van der Waals surface area contributed by atoms with Gasteiger partial charge in [0.05, 0.1) is 6.07 Å². The molecular formula is C11H15ClN6. The summed E-state index contributed by atoms with van der Waals surface area (Å²) in [5.74, 6) is 1.10. The van der Waals surface area contributed by atoms with Crippen LogP contribution in [0.4, 0.5) is 11.9 Å². The normalized spacial score (nSPS) is 17.7. The van der Waals surface area contributed by atoms with Crippen LogP contribution in [0.5, 0.6) is 0 Å². The van der Waals surface area contributed by atoms with Crippen LogP contribution in [0.15, 0.2) is 0 Å².